The van der Waals surface area contributed by atoms with Crippen LogP contribution in [0.2, 0.25) is 0 Å². The van der Waals surface area contributed by atoms with Crippen molar-refractivity contribution >= 4 is 22.7 Å². The number of benzene rings is 3. The van der Waals surface area contributed by atoms with E-state index in [9.17, 15) is 8.78 Å². The number of aryl methyl sites for hydroxylation is 2. The monoisotopic (exact) mass is 377 g/mol. The van der Waals surface area contributed by atoms with Crippen LogP contribution in [0.4, 0.5) is 20.4 Å². The van der Waals surface area contributed by atoms with E-state index in [4.69, 9.17) is 4.74 Å². The molecule has 140 valence electrons. The molecule has 4 nitrogen and oxygen atoms in total. The highest BCUT2D eigenvalue weighted by Crippen LogP contribution is 2.30. The van der Waals surface area contributed by atoms with Crippen molar-refractivity contribution in [1.82, 2.24) is 9.97 Å². The average Bonchev–Trinajstić information content (AvgIpc) is 3.33. The van der Waals surface area contributed by atoms with Crippen LogP contribution in [0, 0.1) is 11.6 Å². The Kier molecular flexibility index (Phi) is 3.97. The molecule has 1 aliphatic rings. The van der Waals surface area contributed by atoms with Crippen molar-refractivity contribution in [3.05, 3.63) is 77.4 Å². The van der Waals surface area contributed by atoms with Gasteiger partial charge in [0.25, 0.3) is 0 Å². The van der Waals surface area contributed by atoms with Gasteiger partial charge in [-0.25, -0.2) is 13.8 Å². The first-order valence-corrected chi connectivity index (χ1v) is 9.16. The third-order valence-corrected chi connectivity index (χ3v) is 4.97. The number of hydrogen-bond donors (Lipinski definition) is 2. The standard InChI is InChI=1S/C22H17F2N3O/c23-18-10-11-19-21(20(18)24)27-22(26-19)25-15-5-8-16(9-6-15)28-17-7-4-13-2-1-3-14(13)12-17/h4-12H,1-3H2,(H2,25,26,27). The van der Waals surface area contributed by atoms with Gasteiger partial charge in [-0.3, -0.25) is 0 Å². The van der Waals surface area contributed by atoms with E-state index in [1.165, 1.54) is 23.6 Å². The number of H-pyrrole nitrogens is 1. The highest BCUT2D eigenvalue weighted by molar-refractivity contribution is 5.79. The summed E-state index contributed by atoms with van der Waals surface area (Å²) in [6.07, 6.45) is 3.46. The molecule has 0 aliphatic heterocycles. The smallest absolute Gasteiger partial charge is 0.205 e. The molecule has 0 unspecified atom stereocenters. The summed E-state index contributed by atoms with van der Waals surface area (Å²) in [4.78, 5) is 6.99. The number of imidazole rings is 1. The van der Waals surface area contributed by atoms with E-state index in [1.807, 2.05) is 30.3 Å². The Morgan fingerprint density at radius 3 is 2.54 bits per heavy atom. The molecule has 0 bridgehead atoms. The van der Waals surface area contributed by atoms with E-state index in [0.717, 1.165) is 36.1 Å². The summed E-state index contributed by atoms with van der Waals surface area (Å²) < 4.78 is 33.1. The Balaban J connectivity index is 1.32. The SMILES string of the molecule is Fc1ccc2nc(Nc3ccc(Oc4ccc5c(c4)CCC5)cc3)[nH]c2c1F. The van der Waals surface area contributed by atoms with Gasteiger partial charge in [-0.1, -0.05) is 6.07 Å². The molecule has 5 rings (SSSR count). The van der Waals surface area contributed by atoms with Crippen molar-refractivity contribution < 1.29 is 13.5 Å². The van der Waals surface area contributed by atoms with Gasteiger partial charge < -0.3 is 15.0 Å². The molecule has 0 radical (unpaired) electrons. The summed E-state index contributed by atoms with van der Waals surface area (Å²) in [5.41, 5.74) is 3.93. The third kappa shape index (κ3) is 3.07. The third-order valence-electron chi connectivity index (χ3n) is 4.97. The predicted molar refractivity (Wildman–Crippen MR) is 104 cm³/mol. The van der Waals surface area contributed by atoms with Crippen LogP contribution in [0.5, 0.6) is 11.5 Å². The minimum absolute atomic E-state index is 0.0408. The van der Waals surface area contributed by atoms with Gasteiger partial charge in [0.1, 0.15) is 17.0 Å². The van der Waals surface area contributed by atoms with Crippen LogP contribution in [-0.4, -0.2) is 9.97 Å². The number of fused-ring (bicyclic) bond motifs is 2. The lowest BCUT2D eigenvalue weighted by Crippen LogP contribution is -1.92. The number of aromatic nitrogens is 2. The molecular formula is C22H17F2N3O. The second-order valence-electron chi connectivity index (χ2n) is 6.88. The van der Waals surface area contributed by atoms with Crippen LogP contribution < -0.4 is 10.1 Å². The fraction of sp³-hybridized carbons (Fsp3) is 0.136. The van der Waals surface area contributed by atoms with Gasteiger partial charge in [-0.15, -0.1) is 0 Å². The van der Waals surface area contributed by atoms with Crippen LogP contribution in [0.25, 0.3) is 11.0 Å². The predicted octanol–water partition coefficient (Wildman–Crippen LogP) is 5.87. The molecule has 0 spiro atoms. The summed E-state index contributed by atoms with van der Waals surface area (Å²) >= 11 is 0. The first kappa shape index (κ1) is 16.7. The van der Waals surface area contributed by atoms with Crippen molar-refractivity contribution in [1.29, 1.82) is 0 Å². The fourth-order valence-electron chi connectivity index (χ4n) is 3.57. The number of nitrogens with one attached hydrogen (secondary N) is 2. The Morgan fingerprint density at radius 2 is 1.68 bits per heavy atom. The van der Waals surface area contributed by atoms with Gasteiger partial charge >= 0.3 is 0 Å². The molecule has 0 amide bonds. The topological polar surface area (TPSA) is 49.9 Å². The average molecular weight is 377 g/mol. The van der Waals surface area contributed by atoms with Crippen LogP contribution in [-0.2, 0) is 12.8 Å². The number of nitrogens with zero attached hydrogens (tertiary/aromatic N) is 1. The van der Waals surface area contributed by atoms with Crippen LogP contribution in [0.3, 0.4) is 0 Å². The van der Waals surface area contributed by atoms with Gasteiger partial charge in [0, 0.05) is 5.69 Å². The summed E-state index contributed by atoms with van der Waals surface area (Å²) in [5.74, 6) is 0.0519. The normalized spacial score (nSPS) is 12.9. The van der Waals surface area contributed by atoms with Gasteiger partial charge in [0.15, 0.2) is 11.6 Å². The van der Waals surface area contributed by atoms with E-state index < -0.39 is 11.6 Å². The molecule has 1 heterocycles. The largest absolute Gasteiger partial charge is 0.457 e. The van der Waals surface area contributed by atoms with E-state index in [1.54, 1.807) is 0 Å². The minimum Gasteiger partial charge on any atom is -0.457 e. The molecule has 4 aromatic rings. The molecule has 0 saturated heterocycles. The number of halogens is 2. The Labute approximate surface area is 160 Å². The minimum atomic E-state index is -0.934. The Bertz CT molecular complexity index is 1170. The maximum absolute atomic E-state index is 13.8. The maximum atomic E-state index is 13.8. The summed E-state index contributed by atoms with van der Waals surface area (Å²) in [6, 6.07) is 16.1. The van der Waals surface area contributed by atoms with E-state index in [-0.39, 0.29) is 5.52 Å². The molecule has 1 aromatic heterocycles. The Morgan fingerprint density at radius 1 is 0.893 bits per heavy atom. The molecule has 2 N–H and O–H groups in total. The Hall–Kier alpha value is -3.41. The molecular weight excluding hydrogens is 360 g/mol. The van der Waals surface area contributed by atoms with Gasteiger partial charge in [0.2, 0.25) is 5.95 Å². The molecule has 6 heteroatoms. The van der Waals surface area contributed by atoms with Crippen LogP contribution in [0.15, 0.2) is 54.6 Å². The zero-order chi connectivity index (χ0) is 19.1. The van der Waals surface area contributed by atoms with E-state index >= 15 is 0 Å². The highest BCUT2D eigenvalue weighted by Gasteiger charge is 2.13. The number of hydrogen-bond acceptors (Lipinski definition) is 3. The van der Waals surface area contributed by atoms with Gasteiger partial charge in [-0.2, -0.15) is 0 Å². The number of rotatable bonds is 4. The summed E-state index contributed by atoms with van der Waals surface area (Å²) in [7, 11) is 0. The molecule has 0 saturated carbocycles. The molecule has 0 fully saturated rings. The molecule has 3 aromatic carbocycles. The first-order chi connectivity index (χ1) is 13.7. The van der Waals surface area contributed by atoms with E-state index in [0.29, 0.717) is 11.5 Å². The zero-order valence-corrected chi connectivity index (χ0v) is 14.9. The molecule has 1 aliphatic carbocycles. The van der Waals surface area contributed by atoms with Crippen molar-refractivity contribution in [3.63, 3.8) is 0 Å². The van der Waals surface area contributed by atoms with Crippen molar-refractivity contribution in [3.8, 4) is 11.5 Å². The number of ether oxygens (including phenoxy) is 1. The van der Waals surface area contributed by atoms with Crippen molar-refractivity contribution in [2.45, 2.75) is 19.3 Å². The lowest BCUT2D eigenvalue weighted by atomic mass is 10.1. The quantitative estimate of drug-likeness (QED) is 0.468. The first-order valence-electron chi connectivity index (χ1n) is 9.16. The second kappa shape index (κ2) is 6.64. The maximum Gasteiger partial charge on any atom is 0.205 e. The molecule has 0 atom stereocenters. The number of aromatic amines is 1. The van der Waals surface area contributed by atoms with Gasteiger partial charge in [-0.05, 0) is 78.9 Å². The zero-order valence-electron chi connectivity index (χ0n) is 14.9. The summed E-state index contributed by atoms with van der Waals surface area (Å²) in [5, 5.41) is 3.05. The lowest BCUT2D eigenvalue weighted by Gasteiger charge is -2.09. The second-order valence-corrected chi connectivity index (χ2v) is 6.88. The fourth-order valence-corrected chi connectivity index (χ4v) is 3.57. The van der Waals surface area contributed by atoms with Gasteiger partial charge in [0.05, 0.1) is 5.52 Å². The van der Waals surface area contributed by atoms with E-state index in [2.05, 4.69) is 27.4 Å². The van der Waals surface area contributed by atoms with Crippen molar-refractivity contribution in [2.75, 3.05) is 5.32 Å². The van der Waals surface area contributed by atoms with Crippen LogP contribution >= 0.6 is 0 Å². The highest BCUT2D eigenvalue weighted by atomic mass is 19.2. The van der Waals surface area contributed by atoms with Crippen LogP contribution in [0.1, 0.15) is 17.5 Å². The number of anilines is 2. The lowest BCUT2D eigenvalue weighted by molar-refractivity contribution is 0.482. The molecule has 28 heavy (non-hydrogen) atoms. The summed E-state index contributed by atoms with van der Waals surface area (Å²) in [6.45, 7) is 0. The van der Waals surface area contributed by atoms with Crippen molar-refractivity contribution in [2.24, 2.45) is 0 Å².